The third kappa shape index (κ3) is 5.95. The molecule has 0 atom stereocenters. The quantitative estimate of drug-likeness (QED) is 0.403. The van der Waals surface area contributed by atoms with Gasteiger partial charge in [-0.2, -0.15) is 0 Å². The Balaban J connectivity index is 1.61. The number of nitrogens with one attached hydrogen (secondary N) is 1. The average Bonchev–Trinajstić information content (AvgIpc) is 3.17. The molecule has 1 heterocycles. The number of hydrogen-bond acceptors (Lipinski definition) is 6. The number of benzene rings is 2. The summed E-state index contributed by atoms with van der Waals surface area (Å²) in [6.07, 6.45) is 0. The van der Waals surface area contributed by atoms with Crippen LogP contribution in [0.1, 0.15) is 30.8 Å². The fourth-order valence-corrected chi connectivity index (χ4v) is 4.09. The number of hydrogen-bond donors (Lipinski definition) is 1. The summed E-state index contributed by atoms with van der Waals surface area (Å²) >= 11 is 7.56. The van der Waals surface area contributed by atoms with Crippen molar-refractivity contribution in [3.8, 4) is 11.5 Å². The van der Waals surface area contributed by atoms with E-state index in [-0.39, 0.29) is 18.3 Å². The molecule has 0 aliphatic rings. The highest BCUT2D eigenvalue weighted by atomic mass is 35.5. The van der Waals surface area contributed by atoms with Crippen molar-refractivity contribution < 1.29 is 14.3 Å². The minimum absolute atomic E-state index is 0.141. The zero-order valence-electron chi connectivity index (χ0n) is 18.6. The SMILES string of the molecule is CCOc1ccccc1NC(=O)CSc1nnc(COc2cc(C)c(Cl)c(C)c2)n1CC. The van der Waals surface area contributed by atoms with E-state index in [2.05, 4.69) is 15.5 Å². The Morgan fingerprint density at radius 2 is 1.84 bits per heavy atom. The van der Waals surface area contributed by atoms with Crippen LogP contribution in [0.5, 0.6) is 11.5 Å². The molecule has 1 amide bonds. The first-order valence-corrected chi connectivity index (χ1v) is 11.7. The molecule has 0 unspecified atom stereocenters. The molecule has 0 bridgehead atoms. The van der Waals surface area contributed by atoms with Crippen LogP contribution in [0.25, 0.3) is 0 Å². The number of amides is 1. The van der Waals surface area contributed by atoms with Gasteiger partial charge in [0.2, 0.25) is 5.91 Å². The van der Waals surface area contributed by atoms with Crippen LogP contribution in [0, 0.1) is 13.8 Å². The van der Waals surface area contributed by atoms with Crippen LogP contribution in [0.2, 0.25) is 5.02 Å². The van der Waals surface area contributed by atoms with Gasteiger partial charge in [0.15, 0.2) is 11.0 Å². The number of aromatic nitrogens is 3. The second-order valence-corrected chi connectivity index (χ2v) is 8.39. The van der Waals surface area contributed by atoms with Gasteiger partial charge in [0, 0.05) is 11.6 Å². The maximum Gasteiger partial charge on any atom is 0.234 e. The van der Waals surface area contributed by atoms with Crippen LogP contribution < -0.4 is 14.8 Å². The van der Waals surface area contributed by atoms with E-state index in [0.717, 1.165) is 21.9 Å². The first-order valence-electron chi connectivity index (χ1n) is 10.4. The van der Waals surface area contributed by atoms with Gasteiger partial charge in [-0.25, -0.2) is 0 Å². The number of rotatable bonds is 10. The first-order chi connectivity index (χ1) is 15.4. The van der Waals surface area contributed by atoms with Gasteiger partial charge in [-0.15, -0.1) is 10.2 Å². The van der Waals surface area contributed by atoms with Gasteiger partial charge in [-0.3, -0.25) is 4.79 Å². The highest BCUT2D eigenvalue weighted by Gasteiger charge is 2.15. The van der Waals surface area contributed by atoms with Gasteiger partial charge >= 0.3 is 0 Å². The molecule has 32 heavy (non-hydrogen) atoms. The second kappa shape index (κ2) is 11.2. The Hall–Kier alpha value is -2.71. The molecular formula is C23H27ClN4O3S. The average molecular weight is 475 g/mol. The number of anilines is 1. The van der Waals surface area contributed by atoms with Crippen LogP contribution in [0.4, 0.5) is 5.69 Å². The summed E-state index contributed by atoms with van der Waals surface area (Å²) < 4.78 is 13.4. The van der Waals surface area contributed by atoms with Crippen LogP contribution >= 0.6 is 23.4 Å². The molecule has 3 aromatic rings. The topological polar surface area (TPSA) is 78.3 Å². The van der Waals surface area contributed by atoms with E-state index in [0.29, 0.717) is 35.6 Å². The van der Waals surface area contributed by atoms with Crippen LogP contribution in [0.15, 0.2) is 41.6 Å². The predicted molar refractivity (Wildman–Crippen MR) is 128 cm³/mol. The van der Waals surface area contributed by atoms with E-state index in [1.165, 1.54) is 11.8 Å². The lowest BCUT2D eigenvalue weighted by Gasteiger charge is -2.12. The molecule has 170 valence electrons. The molecular weight excluding hydrogens is 448 g/mol. The van der Waals surface area contributed by atoms with Crippen LogP contribution in [-0.2, 0) is 17.9 Å². The van der Waals surface area contributed by atoms with Crippen molar-refractivity contribution >= 4 is 35.0 Å². The highest BCUT2D eigenvalue weighted by Crippen LogP contribution is 2.27. The lowest BCUT2D eigenvalue weighted by atomic mass is 10.1. The molecule has 9 heteroatoms. The van der Waals surface area contributed by atoms with E-state index in [4.69, 9.17) is 21.1 Å². The number of thioether (sulfide) groups is 1. The number of aryl methyl sites for hydroxylation is 2. The fraction of sp³-hybridized carbons (Fsp3) is 0.348. The first kappa shape index (κ1) is 23.9. The smallest absolute Gasteiger partial charge is 0.234 e. The molecule has 1 N–H and O–H groups in total. The van der Waals surface area contributed by atoms with E-state index in [9.17, 15) is 4.79 Å². The molecule has 0 aliphatic carbocycles. The highest BCUT2D eigenvalue weighted by molar-refractivity contribution is 7.99. The normalized spacial score (nSPS) is 10.8. The molecule has 2 aromatic carbocycles. The van der Waals surface area contributed by atoms with E-state index < -0.39 is 0 Å². The van der Waals surface area contributed by atoms with Crippen molar-refractivity contribution in [3.05, 3.63) is 58.4 Å². The molecule has 0 radical (unpaired) electrons. The van der Waals surface area contributed by atoms with Gasteiger partial charge in [0.1, 0.15) is 18.1 Å². The molecule has 7 nitrogen and oxygen atoms in total. The number of carbonyl (C=O) groups is 1. The van der Waals surface area contributed by atoms with Crippen molar-refractivity contribution in [3.63, 3.8) is 0 Å². The van der Waals surface area contributed by atoms with Gasteiger partial charge in [0.05, 0.1) is 18.0 Å². The molecule has 1 aromatic heterocycles. The Kier molecular flexibility index (Phi) is 8.41. The van der Waals surface area contributed by atoms with Crippen molar-refractivity contribution in [2.75, 3.05) is 17.7 Å². The van der Waals surface area contributed by atoms with Crippen LogP contribution in [0.3, 0.4) is 0 Å². The second-order valence-electron chi connectivity index (χ2n) is 7.07. The summed E-state index contributed by atoms with van der Waals surface area (Å²) in [4.78, 5) is 12.5. The van der Waals surface area contributed by atoms with Crippen molar-refractivity contribution in [1.82, 2.24) is 14.8 Å². The van der Waals surface area contributed by atoms with E-state index in [1.54, 1.807) is 0 Å². The number of halogens is 1. The Bertz CT molecular complexity index is 1060. The van der Waals surface area contributed by atoms with Gasteiger partial charge < -0.3 is 19.4 Å². The molecule has 0 saturated carbocycles. The van der Waals surface area contributed by atoms with Gasteiger partial charge in [-0.1, -0.05) is 35.5 Å². The summed E-state index contributed by atoms with van der Waals surface area (Å²) in [6, 6.07) is 11.2. The number of nitrogens with zero attached hydrogens (tertiary/aromatic N) is 3. The molecule has 0 saturated heterocycles. The Morgan fingerprint density at radius 1 is 1.12 bits per heavy atom. The lowest BCUT2D eigenvalue weighted by molar-refractivity contribution is -0.113. The third-order valence-electron chi connectivity index (χ3n) is 4.68. The maximum absolute atomic E-state index is 12.5. The summed E-state index contributed by atoms with van der Waals surface area (Å²) in [6.45, 7) is 9.28. The predicted octanol–water partition coefficient (Wildman–Crippen LogP) is 5.28. The standard InChI is InChI=1S/C23H27ClN4O3S/c1-5-28-20(13-31-17-11-15(3)22(24)16(4)12-17)26-27-23(28)32-14-21(29)25-18-9-7-8-10-19(18)30-6-2/h7-12H,5-6,13-14H2,1-4H3,(H,25,29). The summed E-state index contributed by atoms with van der Waals surface area (Å²) in [5, 5.41) is 12.8. The minimum Gasteiger partial charge on any atom is -0.492 e. The van der Waals surface area contributed by atoms with Gasteiger partial charge in [0.25, 0.3) is 0 Å². The van der Waals surface area contributed by atoms with E-state index >= 15 is 0 Å². The van der Waals surface area contributed by atoms with Gasteiger partial charge in [-0.05, 0) is 63.1 Å². The zero-order valence-corrected chi connectivity index (χ0v) is 20.2. The summed E-state index contributed by atoms with van der Waals surface area (Å²) in [5.41, 5.74) is 2.58. The van der Waals surface area contributed by atoms with E-state index in [1.807, 2.05) is 68.7 Å². The van der Waals surface area contributed by atoms with Crippen molar-refractivity contribution in [2.45, 2.75) is 46.0 Å². The number of para-hydroxylation sites is 2. The zero-order chi connectivity index (χ0) is 23.1. The number of carbonyl (C=O) groups excluding carboxylic acids is 1. The van der Waals surface area contributed by atoms with Crippen LogP contribution in [-0.4, -0.2) is 33.0 Å². The molecule has 3 rings (SSSR count). The maximum atomic E-state index is 12.5. The Labute approximate surface area is 197 Å². The summed E-state index contributed by atoms with van der Waals surface area (Å²) in [7, 11) is 0. The monoisotopic (exact) mass is 474 g/mol. The van der Waals surface area contributed by atoms with Crippen molar-refractivity contribution in [2.24, 2.45) is 0 Å². The Morgan fingerprint density at radius 3 is 2.53 bits per heavy atom. The number of ether oxygens (including phenoxy) is 2. The molecule has 0 aliphatic heterocycles. The molecule has 0 fully saturated rings. The molecule has 0 spiro atoms. The fourth-order valence-electron chi connectivity index (χ4n) is 3.16. The van der Waals surface area contributed by atoms with Crippen molar-refractivity contribution in [1.29, 1.82) is 0 Å². The third-order valence-corrected chi connectivity index (χ3v) is 6.24. The largest absolute Gasteiger partial charge is 0.492 e. The lowest BCUT2D eigenvalue weighted by Crippen LogP contribution is -2.15. The summed E-state index contributed by atoms with van der Waals surface area (Å²) in [5.74, 6) is 2.14. The minimum atomic E-state index is -0.141.